The number of likely N-dealkylation sites (tertiary alicyclic amines) is 1. The number of likely N-dealkylation sites (N-methyl/N-ethyl adjacent to an activating group) is 2. The molecule has 12 nitrogen and oxygen atoms in total. The fourth-order valence-corrected chi connectivity index (χ4v) is 6.16. The van der Waals surface area contributed by atoms with Crippen molar-refractivity contribution in [2.75, 3.05) is 63.6 Å². The van der Waals surface area contributed by atoms with Crippen LogP contribution < -0.4 is 20.3 Å². The first-order valence-corrected chi connectivity index (χ1v) is 15.6. The van der Waals surface area contributed by atoms with Crippen molar-refractivity contribution in [2.45, 2.75) is 44.6 Å². The van der Waals surface area contributed by atoms with E-state index in [0.29, 0.717) is 42.7 Å². The maximum Gasteiger partial charge on any atom is 0.255 e. The normalized spacial score (nSPS) is 16.8. The van der Waals surface area contributed by atoms with Crippen LogP contribution in [0.25, 0.3) is 0 Å². The number of piperidine rings is 2. The molecule has 2 saturated heterocycles. The molecule has 2 aliphatic rings. The lowest BCUT2D eigenvalue weighted by Gasteiger charge is -2.38. The summed E-state index contributed by atoms with van der Waals surface area (Å²) in [6.07, 6.45) is 8.27. The number of carbonyl (C=O) groups is 5. The van der Waals surface area contributed by atoms with Gasteiger partial charge in [-0.1, -0.05) is 0 Å². The summed E-state index contributed by atoms with van der Waals surface area (Å²) in [5, 5.41) is 5.06. The molecule has 45 heavy (non-hydrogen) atoms. The third kappa shape index (κ3) is 9.10. The van der Waals surface area contributed by atoms with Crippen LogP contribution in [0.1, 0.15) is 59.2 Å². The van der Waals surface area contributed by atoms with Gasteiger partial charge < -0.3 is 34.9 Å². The third-order valence-corrected chi connectivity index (χ3v) is 8.92. The quantitative estimate of drug-likeness (QED) is 0.288. The fourth-order valence-electron chi connectivity index (χ4n) is 6.16. The highest BCUT2D eigenvalue weighted by Crippen LogP contribution is 2.28. The number of pyridine rings is 1. The summed E-state index contributed by atoms with van der Waals surface area (Å²) in [5.74, 6) is 1.52. The van der Waals surface area contributed by atoms with Crippen LogP contribution >= 0.6 is 0 Å². The molecular formula is C33H44N6O6. The Kier molecular flexibility index (Phi) is 12.4. The summed E-state index contributed by atoms with van der Waals surface area (Å²) in [4.78, 5) is 69.3. The predicted molar refractivity (Wildman–Crippen MR) is 171 cm³/mol. The zero-order valence-electron chi connectivity index (χ0n) is 26.2. The molecule has 0 radical (unpaired) electrons. The van der Waals surface area contributed by atoms with E-state index >= 15 is 0 Å². The molecule has 1 unspecified atom stereocenters. The van der Waals surface area contributed by atoms with E-state index in [0.717, 1.165) is 70.4 Å². The molecule has 1 aromatic carbocycles. The molecule has 1 atom stereocenters. The number of amides is 3. The lowest BCUT2D eigenvalue weighted by Crippen LogP contribution is -2.47. The number of aromatic nitrogens is 1. The summed E-state index contributed by atoms with van der Waals surface area (Å²) < 4.78 is 5.93. The molecule has 2 N–H and O–H groups in total. The van der Waals surface area contributed by atoms with E-state index in [9.17, 15) is 24.0 Å². The lowest BCUT2D eigenvalue weighted by atomic mass is 9.92. The SMILES string of the molecule is CNC(=O)C(CCC=O)N(C)C(=O)c1ccc(N2CCC(CN3CCC(COc4ccc(NC=O)nc4)CC3)CC2)cc1C=O. The van der Waals surface area contributed by atoms with E-state index < -0.39 is 11.9 Å². The average molecular weight is 621 g/mol. The van der Waals surface area contributed by atoms with Crippen molar-refractivity contribution in [3.8, 4) is 5.75 Å². The maximum absolute atomic E-state index is 13.3. The van der Waals surface area contributed by atoms with Gasteiger partial charge in [-0.2, -0.15) is 0 Å². The first-order valence-electron chi connectivity index (χ1n) is 15.6. The van der Waals surface area contributed by atoms with E-state index in [1.165, 1.54) is 19.0 Å². The Hall–Kier alpha value is -4.32. The molecule has 3 amide bonds. The van der Waals surface area contributed by atoms with Crippen LogP contribution in [0.5, 0.6) is 5.75 Å². The molecule has 0 spiro atoms. The van der Waals surface area contributed by atoms with Gasteiger partial charge in [0.2, 0.25) is 12.3 Å². The zero-order chi connectivity index (χ0) is 32.2. The molecule has 0 saturated carbocycles. The van der Waals surface area contributed by atoms with Crippen LogP contribution in [0.2, 0.25) is 0 Å². The highest BCUT2D eigenvalue weighted by Gasteiger charge is 2.29. The van der Waals surface area contributed by atoms with Crippen LogP contribution in [0.3, 0.4) is 0 Å². The number of rotatable bonds is 15. The largest absolute Gasteiger partial charge is 0.492 e. The second kappa shape index (κ2) is 16.7. The minimum Gasteiger partial charge on any atom is -0.492 e. The van der Waals surface area contributed by atoms with Crippen molar-refractivity contribution in [1.29, 1.82) is 0 Å². The third-order valence-electron chi connectivity index (χ3n) is 8.92. The van der Waals surface area contributed by atoms with Crippen molar-refractivity contribution in [3.05, 3.63) is 47.7 Å². The van der Waals surface area contributed by atoms with Crippen LogP contribution in [0, 0.1) is 11.8 Å². The molecule has 242 valence electrons. The lowest BCUT2D eigenvalue weighted by molar-refractivity contribution is -0.125. The standard InChI is InChI=1S/C33H44N6O6/c1-34-32(43)30(4-3-17-40)37(2)33(44)29-7-5-27(18-26(29)21-41)39-15-11-24(12-16-39)20-38-13-9-25(10-14-38)22-45-28-6-8-31(35-19-28)36-23-42/h5-8,17-19,21,23-25,30H,3-4,9-16,20,22H2,1-2H3,(H,34,43)(H,35,36,42). The average Bonchev–Trinajstić information content (AvgIpc) is 3.08. The Morgan fingerprint density at radius 1 is 1.04 bits per heavy atom. The summed E-state index contributed by atoms with van der Waals surface area (Å²) in [5.41, 5.74) is 1.43. The Morgan fingerprint density at radius 3 is 2.40 bits per heavy atom. The Bertz CT molecular complexity index is 1310. The monoisotopic (exact) mass is 620 g/mol. The zero-order valence-corrected chi connectivity index (χ0v) is 26.2. The minimum absolute atomic E-state index is 0.149. The van der Waals surface area contributed by atoms with E-state index in [-0.39, 0.29) is 29.9 Å². The number of nitrogens with one attached hydrogen (secondary N) is 2. The molecule has 2 aromatic rings. The van der Waals surface area contributed by atoms with Gasteiger partial charge >= 0.3 is 0 Å². The van der Waals surface area contributed by atoms with Gasteiger partial charge in [0.05, 0.1) is 18.4 Å². The number of ether oxygens (including phenoxy) is 1. The Morgan fingerprint density at radius 2 is 1.78 bits per heavy atom. The fraction of sp³-hybridized carbons (Fsp3) is 0.515. The summed E-state index contributed by atoms with van der Waals surface area (Å²) >= 11 is 0. The molecule has 2 fully saturated rings. The van der Waals surface area contributed by atoms with Crippen LogP contribution in [-0.4, -0.2) is 105 Å². The molecule has 3 heterocycles. The highest BCUT2D eigenvalue weighted by molar-refractivity contribution is 6.03. The van der Waals surface area contributed by atoms with Gasteiger partial charge in [-0.15, -0.1) is 0 Å². The summed E-state index contributed by atoms with van der Waals surface area (Å²) in [6, 6.07) is 8.02. The van der Waals surface area contributed by atoms with Gasteiger partial charge in [-0.3, -0.25) is 19.2 Å². The number of nitrogens with zero attached hydrogens (tertiary/aromatic N) is 4. The smallest absolute Gasteiger partial charge is 0.255 e. The van der Waals surface area contributed by atoms with Crippen molar-refractivity contribution in [1.82, 2.24) is 20.1 Å². The van der Waals surface area contributed by atoms with E-state index in [2.05, 4.69) is 25.4 Å². The molecule has 12 heteroatoms. The molecule has 4 rings (SSSR count). The van der Waals surface area contributed by atoms with Gasteiger partial charge in [0, 0.05) is 51.4 Å². The van der Waals surface area contributed by atoms with Gasteiger partial charge in [0.1, 0.15) is 23.9 Å². The van der Waals surface area contributed by atoms with Crippen molar-refractivity contribution < 1.29 is 28.7 Å². The van der Waals surface area contributed by atoms with Gasteiger partial charge in [-0.05, 0) is 87.4 Å². The van der Waals surface area contributed by atoms with Crippen LogP contribution in [0.15, 0.2) is 36.5 Å². The minimum atomic E-state index is -0.806. The molecule has 2 aliphatic heterocycles. The second-order valence-corrected chi connectivity index (χ2v) is 11.8. The summed E-state index contributed by atoms with van der Waals surface area (Å²) in [7, 11) is 3.01. The molecule has 0 bridgehead atoms. The first kappa shape index (κ1) is 33.6. The Labute approximate surface area is 264 Å². The van der Waals surface area contributed by atoms with E-state index in [1.807, 2.05) is 12.1 Å². The number of carbonyl (C=O) groups excluding carboxylic acids is 5. The highest BCUT2D eigenvalue weighted by atomic mass is 16.5. The van der Waals surface area contributed by atoms with Gasteiger partial charge in [0.25, 0.3) is 5.91 Å². The Balaban J connectivity index is 1.23. The van der Waals surface area contributed by atoms with Crippen molar-refractivity contribution in [2.24, 2.45) is 11.8 Å². The molecular weight excluding hydrogens is 576 g/mol. The maximum atomic E-state index is 13.3. The predicted octanol–water partition coefficient (Wildman–Crippen LogP) is 2.64. The van der Waals surface area contributed by atoms with Crippen LogP contribution in [0.4, 0.5) is 11.5 Å². The van der Waals surface area contributed by atoms with E-state index in [1.54, 1.807) is 24.4 Å². The first-order chi connectivity index (χ1) is 21.9. The van der Waals surface area contributed by atoms with E-state index in [4.69, 9.17) is 4.74 Å². The molecule has 0 aliphatic carbocycles. The topological polar surface area (TPSA) is 141 Å². The van der Waals surface area contributed by atoms with Crippen LogP contribution in [-0.2, 0) is 14.4 Å². The van der Waals surface area contributed by atoms with Gasteiger partial charge in [-0.25, -0.2) is 4.98 Å². The van der Waals surface area contributed by atoms with Crippen molar-refractivity contribution >= 4 is 42.3 Å². The number of hydrogen-bond acceptors (Lipinski definition) is 9. The number of hydrogen-bond donors (Lipinski definition) is 2. The second-order valence-electron chi connectivity index (χ2n) is 11.8. The summed E-state index contributed by atoms with van der Waals surface area (Å²) in [6.45, 7) is 5.59. The number of aldehydes is 2. The van der Waals surface area contributed by atoms with Crippen molar-refractivity contribution in [3.63, 3.8) is 0 Å². The van der Waals surface area contributed by atoms with Gasteiger partial charge in [0.15, 0.2) is 6.29 Å². The molecule has 1 aromatic heterocycles. The number of benzene rings is 1. The number of anilines is 2.